The predicted octanol–water partition coefficient (Wildman–Crippen LogP) is 0.134. The van der Waals surface area contributed by atoms with E-state index in [4.69, 9.17) is 9.84 Å². The molecule has 1 heterocycles. The number of aliphatic hydroxyl groups excluding tert-OH is 1. The molecule has 1 rings (SSSR count). The third kappa shape index (κ3) is 2.77. The average molecular weight is 159 g/mol. The fourth-order valence-corrected chi connectivity index (χ4v) is 1.32. The topological polar surface area (TPSA) is 41.5 Å². The van der Waals surface area contributed by atoms with E-state index in [0.29, 0.717) is 18.7 Å². The molecule has 2 unspecified atom stereocenters. The summed E-state index contributed by atoms with van der Waals surface area (Å²) in [5, 5.41) is 12.3. The van der Waals surface area contributed by atoms with Gasteiger partial charge in [-0.05, 0) is 20.3 Å². The molecule has 0 aromatic rings. The van der Waals surface area contributed by atoms with Crippen molar-refractivity contribution in [2.24, 2.45) is 0 Å². The van der Waals surface area contributed by atoms with Crippen molar-refractivity contribution in [3.8, 4) is 0 Å². The van der Waals surface area contributed by atoms with Crippen LogP contribution in [0.1, 0.15) is 20.3 Å². The Morgan fingerprint density at radius 3 is 2.91 bits per heavy atom. The molecule has 0 spiro atoms. The zero-order valence-electron chi connectivity index (χ0n) is 7.21. The van der Waals surface area contributed by atoms with Crippen LogP contribution in [0.2, 0.25) is 0 Å². The second-order valence-electron chi connectivity index (χ2n) is 3.23. The van der Waals surface area contributed by atoms with Gasteiger partial charge in [0.25, 0.3) is 0 Å². The van der Waals surface area contributed by atoms with Crippen molar-refractivity contribution in [2.75, 3.05) is 13.2 Å². The Labute approximate surface area is 67.7 Å². The molecule has 2 N–H and O–H groups in total. The first-order chi connectivity index (χ1) is 5.20. The molecule has 66 valence electrons. The zero-order chi connectivity index (χ0) is 8.27. The predicted molar refractivity (Wildman–Crippen MR) is 43.5 cm³/mol. The quantitative estimate of drug-likeness (QED) is 0.615. The SMILES string of the molecule is CC1OCCC1NC[C@H](C)O. The van der Waals surface area contributed by atoms with Crippen molar-refractivity contribution in [2.45, 2.75) is 38.5 Å². The summed E-state index contributed by atoms with van der Waals surface area (Å²) >= 11 is 0. The maximum Gasteiger partial charge on any atom is 0.0700 e. The molecular weight excluding hydrogens is 142 g/mol. The first-order valence-corrected chi connectivity index (χ1v) is 4.23. The molecule has 1 saturated heterocycles. The van der Waals surface area contributed by atoms with Gasteiger partial charge in [-0.25, -0.2) is 0 Å². The normalized spacial score (nSPS) is 34.1. The Bertz CT molecular complexity index is 117. The van der Waals surface area contributed by atoms with Gasteiger partial charge in [-0.3, -0.25) is 0 Å². The summed E-state index contributed by atoms with van der Waals surface area (Å²) in [6.07, 6.45) is 1.10. The van der Waals surface area contributed by atoms with Crippen molar-refractivity contribution in [3.63, 3.8) is 0 Å². The van der Waals surface area contributed by atoms with E-state index >= 15 is 0 Å². The number of hydrogen-bond donors (Lipinski definition) is 2. The second-order valence-corrected chi connectivity index (χ2v) is 3.23. The standard InChI is InChI=1S/C8H17NO2/c1-6(10)5-9-8-3-4-11-7(8)2/h6-10H,3-5H2,1-2H3/t6-,7?,8?/m0/s1. The van der Waals surface area contributed by atoms with Gasteiger partial charge < -0.3 is 15.2 Å². The van der Waals surface area contributed by atoms with Gasteiger partial charge in [0.15, 0.2) is 0 Å². The molecule has 0 bridgehead atoms. The zero-order valence-corrected chi connectivity index (χ0v) is 7.21. The second kappa shape index (κ2) is 4.04. The summed E-state index contributed by atoms with van der Waals surface area (Å²) in [5.74, 6) is 0. The summed E-state index contributed by atoms with van der Waals surface area (Å²) in [4.78, 5) is 0. The molecule has 0 aliphatic carbocycles. The van der Waals surface area contributed by atoms with E-state index < -0.39 is 0 Å². The Morgan fingerprint density at radius 1 is 1.73 bits per heavy atom. The molecule has 0 amide bonds. The molecule has 0 radical (unpaired) electrons. The molecule has 0 saturated carbocycles. The van der Waals surface area contributed by atoms with Crippen molar-refractivity contribution in [1.29, 1.82) is 0 Å². The van der Waals surface area contributed by atoms with Gasteiger partial charge in [0, 0.05) is 19.2 Å². The van der Waals surface area contributed by atoms with Gasteiger partial charge in [0.1, 0.15) is 0 Å². The minimum absolute atomic E-state index is 0.261. The minimum atomic E-state index is -0.261. The van der Waals surface area contributed by atoms with Crippen LogP contribution in [-0.4, -0.2) is 36.5 Å². The van der Waals surface area contributed by atoms with Crippen LogP contribution in [0.25, 0.3) is 0 Å². The van der Waals surface area contributed by atoms with Crippen LogP contribution in [0.4, 0.5) is 0 Å². The summed E-state index contributed by atoms with van der Waals surface area (Å²) in [6, 6.07) is 0.435. The lowest BCUT2D eigenvalue weighted by Crippen LogP contribution is -2.38. The van der Waals surface area contributed by atoms with E-state index in [-0.39, 0.29) is 6.10 Å². The highest BCUT2D eigenvalue weighted by Gasteiger charge is 2.23. The monoisotopic (exact) mass is 159 g/mol. The highest BCUT2D eigenvalue weighted by Crippen LogP contribution is 2.11. The van der Waals surface area contributed by atoms with Crippen molar-refractivity contribution in [1.82, 2.24) is 5.32 Å². The van der Waals surface area contributed by atoms with E-state index in [1.54, 1.807) is 6.92 Å². The van der Waals surface area contributed by atoms with Crippen molar-refractivity contribution in [3.05, 3.63) is 0 Å². The van der Waals surface area contributed by atoms with Gasteiger partial charge in [-0.15, -0.1) is 0 Å². The summed E-state index contributed by atoms with van der Waals surface area (Å²) in [6.45, 7) is 5.36. The first-order valence-electron chi connectivity index (χ1n) is 4.23. The molecule has 0 aromatic heterocycles. The summed E-state index contributed by atoms with van der Waals surface area (Å²) in [7, 11) is 0. The number of rotatable bonds is 3. The Hall–Kier alpha value is -0.120. The Balaban J connectivity index is 2.15. The third-order valence-corrected chi connectivity index (χ3v) is 2.05. The summed E-state index contributed by atoms with van der Waals surface area (Å²) < 4.78 is 5.35. The molecule has 3 heteroatoms. The van der Waals surface area contributed by atoms with Gasteiger partial charge in [-0.2, -0.15) is 0 Å². The van der Waals surface area contributed by atoms with Gasteiger partial charge >= 0.3 is 0 Å². The summed E-state index contributed by atoms with van der Waals surface area (Å²) in [5.41, 5.74) is 0. The lowest BCUT2D eigenvalue weighted by Gasteiger charge is -2.16. The van der Waals surface area contributed by atoms with Gasteiger partial charge in [-0.1, -0.05) is 0 Å². The highest BCUT2D eigenvalue weighted by atomic mass is 16.5. The lowest BCUT2D eigenvalue weighted by atomic mass is 10.1. The van der Waals surface area contributed by atoms with Crippen LogP contribution in [-0.2, 0) is 4.74 Å². The fourth-order valence-electron chi connectivity index (χ4n) is 1.32. The highest BCUT2D eigenvalue weighted by molar-refractivity contribution is 4.79. The molecular formula is C8H17NO2. The number of hydrogen-bond acceptors (Lipinski definition) is 3. The minimum Gasteiger partial charge on any atom is -0.392 e. The van der Waals surface area contributed by atoms with E-state index in [0.717, 1.165) is 13.0 Å². The fraction of sp³-hybridized carbons (Fsp3) is 1.00. The largest absolute Gasteiger partial charge is 0.392 e. The van der Waals surface area contributed by atoms with Crippen LogP contribution in [0, 0.1) is 0 Å². The maximum absolute atomic E-state index is 9.00. The number of ether oxygens (including phenoxy) is 1. The molecule has 3 nitrogen and oxygen atoms in total. The lowest BCUT2D eigenvalue weighted by molar-refractivity contribution is 0.108. The molecule has 3 atom stereocenters. The van der Waals surface area contributed by atoms with Crippen LogP contribution in [0.5, 0.6) is 0 Å². The molecule has 1 aliphatic heterocycles. The Morgan fingerprint density at radius 2 is 2.45 bits per heavy atom. The maximum atomic E-state index is 9.00. The van der Waals surface area contributed by atoms with Crippen LogP contribution in [0.3, 0.4) is 0 Å². The molecule has 1 aliphatic rings. The Kier molecular flexibility index (Phi) is 3.30. The van der Waals surface area contributed by atoms with E-state index in [9.17, 15) is 0 Å². The van der Waals surface area contributed by atoms with E-state index in [2.05, 4.69) is 12.2 Å². The smallest absolute Gasteiger partial charge is 0.0700 e. The molecule has 1 fully saturated rings. The van der Waals surface area contributed by atoms with Crippen LogP contribution in [0.15, 0.2) is 0 Å². The van der Waals surface area contributed by atoms with Gasteiger partial charge in [0.05, 0.1) is 12.2 Å². The third-order valence-electron chi connectivity index (χ3n) is 2.05. The average Bonchev–Trinajstić information content (AvgIpc) is 2.31. The first kappa shape index (κ1) is 8.97. The van der Waals surface area contributed by atoms with E-state index in [1.807, 2.05) is 0 Å². The molecule has 0 aromatic carbocycles. The van der Waals surface area contributed by atoms with Crippen molar-refractivity contribution >= 4 is 0 Å². The van der Waals surface area contributed by atoms with Crippen LogP contribution < -0.4 is 5.32 Å². The number of nitrogens with one attached hydrogen (secondary N) is 1. The van der Waals surface area contributed by atoms with Gasteiger partial charge in [0.2, 0.25) is 0 Å². The molecule has 11 heavy (non-hydrogen) atoms. The van der Waals surface area contributed by atoms with E-state index in [1.165, 1.54) is 0 Å². The number of aliphatic hydroxyl groups is 1. The van der Waals surface area contributed by atoms with Crippen molar-refractivity contribution < 1.29 is 9.84 Å². The van der Waals surface area contributed by atoms with Crippen LogP contribution >= 0.6 is 0 Å².